The largest absolute Gasteiger partial charge is 0.391 e. The molecule has 3 atom stereocenters. The molecule has 94 valence electrons. The Hall–Kier alpha value is -1.80. The van der Waals surface area contributed by atoms with Gasteiger partial charge in [-0.1, -0.05) is 0 Å². The summed E-state index contributed by atoms with van der Waals surface area (Å²) in [6, 6.07) is -0.434. The maximum absolute atomic E-state index is 11.5. The van der Waals surface area contributed by atoms with Crippen LogP contribution >= 0.6 is 0 Å². The molecule has 7 N–H and O–H groups in total. The van der Waals surface area contributed by atoms with Crippen LogP contribution in [0.2, 0.25) is 0 Å². The Morgan fingerprint density at radius 2 is 2.24 bits per heavy atom. The van der Waals surface area contributed by atoms with E-state index in [1.54, 1.807) is 0 Å². The van der Waals surface area contributed by atoms with E-state index < -0.39 is 18.2 Å². The lowest BCUT2D eigenvalue weighted by molar-refractivity contribution is 0.0213. The molecule has 1 aliphatic rings. The zero-order valence-corrected chi connectivity index (χ0v) is 9.27. The van der Waals surface area contributed by atoms with Crippen LogP contribution in [-0.4, -0.2) is 45.0 Å². The molecule has 0 bridgehead atoms. The number of nitrogens with zero attached hydrogens (tertiary/aromatic N) is 1. The van der Waals surface area contributed by atoms with Crippen molar-refractivity contribution in [2.75, 3.05) is 22.9 Å². The Bertz CT molecular complexity index is 472. The van der Waals surface area contributed by atoms with E-state index in [0.717, 1.165) is 0 Å². The summed E-state index contributed by atoms with van der Waals surface area (Å²) in [7, 11) is 0. The first-order valence-corrected chi connectivity index (χ1v) is 5.25. The van der Waals surface area contributed by atoms with Crippen LogP contribution in [0.1, 0.15) is 6.92 Å². The number of nitrogen functional groups attached to an aromatic ring is 1. The highest BCUT2D eigenvalue weighted by Crippen LogP contribution is 2.21. The first-order chi connectivity index (χ1) is 7.99. The van der Waals surface area contributed by atoms with Crippen LogP contribution in [0.25, 0.3) is 0 Å². The number of hydrogen-bond acceptors (Lipinski definition) is 7. The van der Waals surface area contributed by atoms with Gasteiger partial charge in [-0.25, -0.2) is 0 Å². The van der Waals surface area contributed by atoms with Crippen LogP contribution in [0, 0.1) is 0 Å². The molecule has 0 fully saturated rings. The lowest BCUT2D eigenvalue weighted by atomic mass is 10.0. The minimum absolute atomic E-state index is 0.00441. The molecule has 0 radical (unpaired) electrons. The Balaban J connectivity index is 2.27. The quantitative estimate of drug-likeness (QED) is 0.363. The number of rotatable bonds is 2. The molecule has 8 heteroatoms. The Morgan fingerprint density at radius 1 is 1.53 bits per heavy atom. The van der Waals surface area contributed by atoms with Gasteiger partial charge in [0, 0.05) is 6.54 Å². The van der Waals surface area contributed by atoms with Crippen molar-refractivity contribution in [1.29, 1.82) is 0 Å². The van der Waals surface area contributed by atoms with Crippen molar-refractivity contribution >= 4 is 17.5 Å². The number of nitrogens with two attached hydrogens (primary N) is 1. The van der Waals surface area contributed by atoms with Crippen LogP contribution in [-0.2, 0) is 0 Å². The van der Waals surface area contributed by atoms with Gasteiger partial charge in [0.25, 0.3) is 5.56 Å². The van der Waals surface area contributed by atoms with Gasteiger partial charge in [0.1, 0.15) is 11.8 Å². The summed E-state index contributed by atoms with van der Waals surface area (Å²) < 4.78 is 0. The molecule has 0 saturated carbocycles. The van der Waals surface area contributed by atoms with Crippen LogP contribution < -0.4 is 21.9 Å². The van der Waals surface area contributed by atoms with Crippen molar-refractivity contribution in [1.82, 2.24) is 9.97 Å². The maximum Gasteiger partial charge on any atom is 0.277 e. The standard InChI is InChI=1S/C9H15N5O3/c1-3(15)6(16)4-2-11-5-7(12-4)13-9(10)14-8(5)17/h3-4,6,11,15-16H,2H2,1H3,(H4,10,12,13,14,17)/t3-,4-,6-/m1/s1. The second-order valence-electron chi connectivity index (χ2n) is 4.04. The highest BCUT2D eigenvalue weighted by molar-refractivity contribution is 5.67. The molecule has 0 amide bonds. The van der Waals surface area contributed by atoms with Crippen LogP contribution in [0.5, 0.6) is 0 Å². The second kappa shape index (κ2) is 4.22. The first-order valence-electron chi connectivity index (χ1n) is 5.25. The fraction of sp³-hybridized carbons (Fsp3) is 0.556. The highest BCUT2D eigenvalue weighted by atomic mass is 16.3. The molecular weight excluding hydrogens is 226 g/mol. The van der Waals surface area contributed by atoms with E-state index in [0.29, 0.717) is 6.54 Å². The predicted octanol–water partition coefficient (Wildman–Crippen LogP) is -1.70. The van der Waals surface area contributed by atoms with E-state index >= 15 is 0 Å². The average molecular weight is 241 g/mol. The normalized spacial score (nSPS) is 21.9. The van der Waals surface area contributed by atoms with Crippen molar-refractivity contribution in [3.63, 3.8) is 0 Å². The van der Waals surface area contributed by atoms with Crippen LogP contribution in [0.3, 0.4) is 0 Å². The van der Waals surface area contributed by atoms with Crippen LogP contribution in [0.15, 0.2) is 4.79 Å². The summed E-state index contributed by atoms with van der Waals surface area (Å²) in [6.45, 7) is 1.80. The van der Waals surface area contributed by atoms with E-state index in [2.05, 4.69) is 20.6 Å². The number of aromatic nitrogens is 2. The number of anilines is 3. The van der Waals surface area contributed by atoms with Gasteiger partial charge in [0.05, 0.1) is 12.1 Å². The van der Waals surface area contributed by atoms with Gasteiger partial charge < -0.3 is 26.6 Å². The number of fused-ring (bicyclic) bond motifs is 1. The number of nitrogens with one attached hydrogen (secondary N) is 3. The minimum Gasteiger partial charge on any atom is -0.391 e. The van der Waals surface area contributed by atoms with Gasteiger partial charge in [0.15, 0.2) is 5.82 Å². The average Bonchev–Trinajstić information content (AvgIpc) is 2.26. The number of aliphatic hydroxyl groups excluding tert-OH is 2. The van der Waals surface area contributed by atoms with Crippen molar-refractivity contribution < 1.29 is 10.2 Å². The number of aromatic amines is 1. The van der Waals surface area contributed by atoms with Gasteiger partial charge in [-0.3, -0.25) is 9.78 Å². The van der Waals surface area contributed by atoms with E-state index in [1.807, 2.05) is 0 Å². The third-order valence-electron chi connectivity index (χ3n) is 2.67. The zero-order chi connectivity index (χ0) is 12.6. The molecular formula is C9H15N5O3. The molecule has 8 nitrogen and oxygen atoms in total. The summed E-state index contributed by atoms with van der Waals surface area (Å²) in [6.07, 6.45) is -1.84. The fourth-order valence-corrected chi connectivity index (χ4v) is 1.74. The SMILES string of the molecule is C[C@@H](O)[C@@H](O)[C@H]1CNc2c(nc(N)[nH]c2=O)N1. The van der Waals surface area contributed by atoms with E-state index in [-0.39, 0.29) is 23.0 Å². The topological polar surface area (TPSA) is 136 Å². The Morgan fingerprint density at radius 3 is 2.88 bits per heavy atom. The molecule has 17 heavy (non-hydrogen) atoms. The summed E-state index contributed by atoms with van der Waals surface area (Å²) in [5.74, 6) is 0.275. The predicted molar refractivity (Wildman–Crippen MR) is 62.9 cm³/mol. The fourth-order valence-electron chi connectivity index (χ4n) is 1.74. The summed E-state index contributed by atoms with van der Waals surface area (Å²) in [5, 5.41) is 24.7. The third kappa shape index (κ3) is 2.17. The van der Waals surface area contributed by atoms with Crippen molar-refractivity contribution in [2.24, 2.45) is 0 Å². The maximum atomic E-state index is 11.5. The van der Waals surface area contributed by atoms with Gasteiger partial charge in [0.2, 0.25) is 5.95 Å². The molecule has 1 aromatic heterocycles. The highest BCUT2D eigenvalue weighted by Gasteiger charge is 2.29. The number of aliphatic hydroxyl groups is 2. The third-order valence-corrected chi connectivity index (χ3v) is 2.67. The van der Waals surface area contributed by atoms with Crippen LogP contribution in [0.4, 0.5) is 17.5 Å². The summed E-state index contributed by atoms with van der Waals surface area (Å²) >= 11 is 0. The number of hydrogen-bond donors (Lipinski definition) is 6. The Labute approximate surface area is 96.9 Å². The van der Waals surface area contributed by atoms with Gasteiger partial charge >= 0.3 is 0 Å². The molecule has 1 aliphatic heterocycles. The molecule has 2 heterocycles. The van der Waals surface area contributed by atoms with E-state index in [4.69, 9.17) is 5.73 Å². The first kappa shape index (κ1) is 11.7. The molecule has 0 spiro atoms. The Kier molecular flexibility index (Phi) is 2.90. The monoisotopic (exact) mass is 241 g/mol. The molecule has 0 saturated heterocycles. The lowest BCUT2D eigenvalue weighted by Gasteiger charge is -2.31. The lowest BCUT2D eigenvalue weighted by Crippen LogP contribution is -2.48. The molecule has 0 unspecified atom stereocenters. The summed E-state index contributed by atoms with van der Waals surface area (Å²) in [5.41, 5.74) is 5.33. The minimum atomic E-state index is -0.960. The van der Waals surface area contributed by atoms with Crippen molar-refractivity contribution in [3.8, 4) is 0 Å². The molecule has 2 rings (SSSR count). The molecule has 1 aromatic rings. The summed E-state index contributed by atoms with van der Waals surface area (Å²) in [4.78, 5) is 17.8. The smallest absolute Gasteiger partial charge is 0.277 e. The van der Waals surface area contributed by atoms with Gasteiger partial charge in [-0.05, 0) is 6.92 Å². The number of H-pyrrole nitrogens is 1. The van der Waals surface area contributed by atoms with Crippen molar-refractivity contribution in [2.45, 2.75) is 25.2 Å². The van der Waals surface area contributed by atoms with Gasteiger partial charge in [-0.15, -0.1) is 0 Å². The second-order valence-corrected chi connectivity index (χ2v) is 4.04. The van der Waals surface area contributed by atoms with Gasteiger partial charge in [-0.2, -0.15) is 4.98 Å². The zero-order valence-electron chi connectivity index (χ0n) is 9.27. The van der Waals surface area contributed by atoms with E-state index in [1.165, 1.54) is 6.92 Å². The van der Waals surface area contributed by atoms with Crippen molar-refractivity contribution in [3.05, 3.63) is 10.4 Å². The molecule has 0 aromatic carbocycles. The van der Waals surface area contributed by atoms with E-state index in [9.17, 15) is 15.0 Å². The molecule has 0 aliphatic carbocycles.